The van der Waals surface area contributed by atoms with Crippen LogP contribution in [-0.4, -0.2) is 7.05 Å². The Bertz CT molecular complexity index is 617. The first-order valence-electron chi connectivity index (χ1n) is 6.08. The average molecular weight is 316 g/mol. The summed E-state index contributed by atoms with van der Waals surface area (Å²) in [4.78, 5) is 0. The molecule has 2 aromatic rings. The van der Waals surface area contributed by atoms with Crippen LogP contribution < -0.4 is 5.32 Å². The van der Waals surface area contributed by atoms with E-state index >= 15 is 0 Å². The van der Waals surface area contributed by atoms with Crippen LogP contribution in [0.15, 0.2) is 36.4 Å². The zero-order valence-corrected chi connectivity index (χ0v) is 12.3. The minimum Gasteiger partial charge on any atom is -0.313 e. The minimum atomic E-state index is -0.481. The smallest absolute Gasteiger partial charge is 0.142 e. The van der Waals surface area contributed by atoms with Crippen LogP contribution in [0.4, 0.5) is 8.78 Å². The van der Waals surface area contributed by atoms with Crippen molar-refractivity contribution in [2.45, 2.75) is 12.5 Å². The number of hydrogen-bond donors (Lipinski definition) is 1. The van der Waals surface area contributed by atoms with E-state index < -0.39 is 5.82 Å². The Morgan fingerprint density at radius 1 is 1.10 bits per heavy atom. The van der Waals surface area contributed by atoms with E-state index in [1.807, 2.05) is 0 Å². The SMILES string of the molecule is CNC(Cc1cccc(F)c1Cl)c1cc(Cl)ccc1F. The molecule has 1 atom stereocenters. The number of rotatable bonds is 4. The van der Waals surface area contributed by atoms with Crippen LogP contribution in [0.3, 0.4) is 0 Å². The maximum Gasteiger partial charge on any atom is 0.142 e. The number of benzene rings is 2. The molecule has 5 heteroatoms. The van der Waals surface area contributed by atoms with Gasteiger partial charge >= 0.3 is 0 Å². The molecule has 0 aliphatic heterocycles. The van der Waals surface area contributed by atoms with Crippen LogP contribution in [0.25, 0.3) is 0 Å². The summed E-state index contributed by atoms with van der Waals surface area (Å²) >= 11 is 11.8. The van der Waals surface area contributed by atoms with Gasteiger partial charge in [0.2, 0.25) is 0 Å². The normalized spacial score (nSPS) is 12.4. The third-order valence-corrected chi connectivity index (χ3v) is 3.80. The predicted octanol–water partition coefficient (Wildman–Crippen LogP) is 4.77. The Labute approximate surface area is 126 Å². The molecule has 0 bridgehead atoms. The van der Waals surface area contributed by atoms with Crippen LogP contribution in [0.5, 0.6) is 0 Å². The molecule has 106 valence electrons. The Hall–Kier alpha value is -1.16. The molecule has 0 fully saturated rings. The first-order valence-corrected chi connectivity index (χ1v) is 6.83. The van der Waals surface area contributed by atoms with E-state index in [1.165, 1.54) is 18.2 Å². The highest BCUT2D eigenvalue weighted by Crippen LogP contribution is 2.28. The number of halogens is 4. The summed E-state index contributed by atoms with van der Waals surface area (Å²) in [6.07, 6.45) is 0.365. The maximum absolute atomic E-state index is 13.9. The van der Waals surface area contributed by atoms with Crippen LogP contribution >= 0.6 is 23.2 Å². The third kappa shape index (κ3) is 3.29. The first-order chi connectivity index (χ1) is 9.52. The molecule has 0 amide bonds. The highest BCUT2D eigenvalue weighted by molar-refractivity contribution is 6.31. The lowest BCUT2D eigenvalue weighted by atomic mass is 9.98. The highest BCUT2D eigenvalue weighted by atomic mass is 35.5. The summed E-state index contributed by atoms with van der Waals surface area (Å²) in [5, 5.41) is 3.52. The van der Waals surface area contributed by atoms with Gasteiger partial charge in [-0.15, -0.1) is 0 Å². The van der Waals surface area contributed by atoms with E-state index in [1.54, 1.807) is 25.2 Å². The van der Waals surface area contributed by atoms with Crippen molar-refractivity contribution in [2.75, 3.05) is 7.05 Å². The van der Waals surface area contributed by atoms with Gasteiger partial charge in [-0.1, -0.05) is 35.3 Å². The lowest BCUT2D eigenvalue weighted by Crippen LogP contribution is -2.20. The van der Waals surface area contributed by atoms with Crippen molar-refractivity contribution in [3.05, 3.63) is 69.2 Å². The molecule has 0 radical (unpaired) electrons. The van der Waals surface area contributed by atoms with Gasteiger partial charge in [0.05, 0.1) is 5.02 Å². The molecule has 0 spiro atoms. The van der Waals surface area contributed by atoms with Crippen molar-refractivity contribution in [3.8, 4) is 0 Å². The van der Waals surface area contributed by atoms with Gasteiger partial charge in [0.15, 0.2) is 0 Å². The van der Waals surface area contributed by atoms with Crippen LogP contribution in [0.1, 0.15) is 17.2 Å². The van der Waals surface area contributed by atoms with E-state index in [4.69, 9.17) is 23.2 Å². The number of nitrogens with one attached hydrogen (secondary N) is 1. The van der Waals surface area contributed by atoms with Gasteiger partial charge in [0, 0.05) is 16.6 Å². The zero-order chi connectivity index (χ0) is 14.7. The van der Waals surface area contributed by atoms with Gasteiger partial charge in [0.1, 0.15) is 11.6 Å². The van der Waals surface area contributed by atoms with Gasteiger partial charge < -0.3 is 5.32 Å². The summed E-state index contributed by atoms with van der Waals surface area (Å²) in [7, 11) is 1.71. The maximum atomic E-state index is 13.9. The molecule has 2 rings (SSSR count). The molecule has 0 aliphatic carbocycles. The van der Waals surface area contributed by atoms with Crippen molar-refractivity contribution >= 4 is 23.2 Å². The fraction of sp³-hybridized carbons (Fsp3) is 0.200. The second kappa shape index (κ2) is 6.53. The molecule has 0 saturated carbocycles. The molecule has 0 aliphatic rings. The summed E-state index contributed by atoms with van der Waals surface area (Å²) in [6, 6.07) is 8.62. The minimum absolute atomic E-state index is 0.0650. The van der Waals surface area contributed by atoms with E-state index in [9.17, 15) is 8.78 Å². The first kappa shape index (κ1) is 15.2. The summed E-state index contributed by atoms with van der Waals surface area (Å²) in [5.41, 5.74) is 1.05. The monoisotopic (exact) mass is 315 g/mol. The summed E-state index contributed by atoms with van der Waals surface area (Å²) in [6.45, 7) is 0. The Kier molecular flexibility index (Phi) is 4.97. The van der Waals surface area contributed by atoms with Crippen LogP contribution in [-0.2, 0) is 6.42 Å². The molecule has 0 heterocycles. The van der Waals surface area contributed by atoms with E-state index in [0.717, 1.165) is 0 Å². The summed E-state index contributed by atoms with van der Waals surface area (Å²) in [5.74, 6) is -0.841. The van der Waals surface area contributed by atoms with E-state index in [-0.39, 0.29) is 16.9 Å². The zero-order valence-electron chi connectivity index (χ0n) is 10.8. The lowest BCUT2D eigenvalue weighted by molar-refractivity contribution is 0.532. The molecule has 0 saturated heterocycles. The molecular weight excluding hydrogens is 303 g/mol. The van der Waals surface area contributed by atoms with Crippen LogP contribution in [0.2, 0.25) is 10.0 Å². The molecule has 1 N–H and O–H groups in total. The van der Waals surface area contributed by atoms with Crippen molar-refractivity contribution in [1.82, 2.24) is 5.32 Å². The predicted molar refractivity (Wildman–Crippen MR) is 78.3 cm³/mol. The van der Waals surface area contributed by atoms with E-state index in [0.29, 0.717) is 22.6 Å². The second-order valence-electron chi connectivity index (χ2n) is 4.42. The fourth-order valence-corrected chi connectivity index (χ4v) is 2.46. The lowest BCUT2D eigenvalue weighted by Gasteiger charge is -2.18. The highest BCUT2D eigenvalue weighted by Gasteiger charge is 2.17. The topological polar surface area (TPSA) is 12.0 Å². The molecule has 0 aromatic heterocycles. The Morgan fingerprint density at radius 2 is 1.85 bits per heavy atom. The van der Waals surface area contributed by atoms with Gasteiger partial charge in [-0.2, -0.15) is 0 Å². The van der Waals surface area contributed by atoms with Crippen LogP contribution in [0, 0.1) is 11.6 Å². The van der Waals surface area contributed by atoms with Gasteiger partial charge in [0.25, 0.3) is 0 Å². The number of hydrogen-bond acceptors (Lipinski definition) is 1. The molecule has 1 unspecified atom stereocenters. The Morgan fingerprint density at radius 3 is 2.55 bits per heavy atom. The van der Waals surface area contributed by atoms with Gasteiger partial charge in [-0.25, -0.2) is 8.78 Å². The third-order valence-electron chi connectivity index (χ3n) is 3.14. The second-order valence-corrected chi connectivity index (χ2v) is 5.24. The average Bonchev–Trinajstić information content (AvgIpc) is 2.43. The van der Waals surface area contributed by atoms with Gasteiger partial charge in [-0.05, 0) is 43.3 Å². The largest absolute Gasteiger partial charge is 0.313 e. The van der Waals surface area contributed by atoms with Gasteiger partial charge in [-0.3, -0.25) is 0 Å². The summed E-state index contributed by atoms with van der Waals surface area (Å²) < 4.78 is 27.3. The molecule has 2 aromatic carbocycles. The van der Waals surface area contributed by atoms with Crippen molar-refractivity contribution < 1.29 is 8.78 Å². The van der Waals surface area contributed by atoms with E-state index in [2.05, 4.69) is 5.32 Å². The van der Waals surface area contributed by atoms with Crippen molar-refractivity contribution in [1.29, 1.82) is 0 Å². The molecular formula is C15H13Cl2F2N. The molecule has 1 nitrogen and oxygen atoms in total. The molecule has 20 heavy (non-hydrogen) atoms. The van der Waals surface area contributed by atoms with Crippen molar-refractivity contribution in [3.63, 3.8) is 0 Å². The Balaban J connectivity index is 2.34. The quantitative estimate of drug-likeness (QED) is 0.856. The number of likely N-dealkylation sites (N-methyl/N-ethyl adjacent to an activating group) is 1. The fourth-order valence-electron chi connectivity index (χ4n) is 2.08. The standard InChI is InChI=1S/C15H13Cl2F2N/c1-20-14(11-8-10(16)5-6-12(11)18)7-9-3-2-4-13(19)15(9)17/h2-6,8,14,20H,7H2,1H3. The van der Waals surface area contributed by atoms with Crippen molar-refractivity contribution in [2.24, 2.45) is 0 Å².